The first-order valence-corrected chi connectivity index (χ1v) is 11.5. The largest absolute Gasteiger partial charge is 0.423 e. The van der Waals surface area contributed by atoms with Crippen LogP contribution in [0.5, 0.6) is 5.75 Å². The van der Waals surface area contributed by atoms with Crippen molar-refractivity contribution in [1.29, 1.82) is 0 Å². The number of ether oxygens (including phenoxy) is 1. The molecule has 1 saturated carbocycles. The Bertz CT molecular complexity index is 1240. The van der Waals surface area contributed by atoms with Crippen LogP contribution in [0.4, 0.5) is 13.2 Å². The summed E-state index contributed by atoms with van der Waals surface area (Å²) in [5.74, 6) is -3.39. The van der Waals surface area contributed by atoms with E-state index in [1.54, 1.807) is 6.07 Å². The second-order valence-corrected chi connectivity index (χ2v) is 8.49. The van der Waals surface area contributed by atoms with Crippen LogP contribution in [-0.4, -0.2) is 16.8 Å². The SMILES string of the molecule is CSCc1ccc(F)c(C(=O)Oc2cc(C3CCC3)n(-c3cccc(F)c3F)c(=O)c2)c1. The molecule has 3 aromatic rings. The lowest BCUT2D eigenvalue weighted by Crippen LogP contribution is -2.27. The lowest BCUT2D eigenvalue weighted by atomic mass is 9.82. The quantitative estimate of drug-likeness (QED) is 0.450. The zero-order chi connectivity index (χ0) is 22.8. The molecule has 0 saturated heterocycles. The molecule has 32 heavy (non-hydrogen) atoms. The van der Waals surface area contributed by atoms with Gasteiger partial charge in [0, 0.05) is 23.6 Å². The van der Waals surface area contributed by atoms with Crippen LogP contribution in [0.25, 0.3) is 5.69 Å². The number of nitrogens with zero attached hydrogens (tertiary/aromatic N) is 1. The van der Waals surface area contributed by atoms with Crippen LogP contribution < -0.4 is 10.3 Å². The minimum Gasteiger partial charge on any atom is -0.423 e. The molecule has 1 heterocycles. The van der Waals surface area contributed by atoms with Gasteiger partial charge < -0.3 is 4.74 Å². The van der Waals surface area contributed by atoms with Crippen molar-refractivity contribution in [3.05, 3.63) is 93.2 Å². The van der Waals surface area contributed by atoms with Crippen LogP contribution in [0.15, 0.2) is 53.3 Å². The molecule has 1 aromatic heterocycles. The molecular weight excluding hydrogens is 439 g/mol. The molecule has 0 N–H and O–H groups in total. The maximum atomic E-state index is 14.4. The number of hydrogen-bond donors (Lipinski definition) is 0. The first-order chi connectivity index (χ1) is 15.4. The molecule has 0 spiro atoms. The summed E-state index contributed by atoms with van der Waals surface area (Å²) in [7, 11) is 0. The van der Waals surface area contributed by atoms with E-state index in [2.05, 4.69) is 0 Å². The molecule has 1 aliphatic carbocycles. The fourth-order valence-electron chi connectivity index (χ4n) is 3.70. The lowest BCUT2D eigenvalue weighted by Gasteiger charge is -2.29. The third-order valence-electron chi connectivity index (χ3n) is 5.50. The van der Waals surface area contributed by atoms with Crippen molar-refractivity contribution >= 4 is 17.7 Å². The van der Waals surface area contributed by atoms with Crippen LogP contribution >= 0.6 is 11.8 Å². The summed E-state index contributed by atoms with van der Waals surface area (Å²) in [4.78, 5) is 25.5. The smallest absolute Gasteiger partial charge is 0.346 e. The summed E-state index contributed by atoms with van der Waals surface area (Å²) < 4.78 is 48.9. The summed E-state index contributed by atoms with van der Waals surface area (Å²) in [6.07, 6.45) is 4.35. The standard InChI is InChI=1S/C24H20F3NO3S/c1-32-13-14-8-9-18(25)17(10-14)24(30)31-16-11-21(15-4-2-5-15)28(22(29)12-16)20-7-3-6-19(26)23(20)27/h3,6-12,15H,2,4-5,13H2,1H3. The molecule has 1 fully saturated rings. The van der Waals surface area contributed by atoms with Crippen LogP contribution in [0.2, 0.25) is 0 Å². The Kier molecular flexibility index (Phi) is 6.41. The second kappa shape index (κ2) is 9.24. The van der Waals surface area contributed by atoms with Gasteiger partial charge in [-0.05, 0) is 54.8 Å². The average molecular weight is 459 g/mol. The topological polar surface area (TPSA) is 48.3 Å². The van der Waals surface area contributed by atoms with Crippen molar-refractivity contribution in [3.63, 3.8) is 0 Å². The van der Waals surface area contributed by atoms with E-state index in [1.165, 1.54) is 42.1 Å². The minimum atomic E-state index is -1.13. The third kappa shape index (κ3) is 4.32. The molecule has 4 nitrogen and oxygen atoms in total. The van der Waals surface area contributed by atoms with Crippen molar-refractivity contribution in [1.82, 2.24) is 4.57 Å². The van der Waals surface area contributed by atoms with E-state index < -0.39 is 29.0 Å². The van der Waals surface area contributed by atoms with Gasteiger partial charge in [-0.25, -0.2) is 18.0 Å². The number of pyridine rings is 1. The molecule has 8 heteroatoms. The van der Waals surface area contributed by atoms with Crippen molar-refractivity contribution in [2.75, 3.05) is 6.26 Å². The average Bonchev–Trinajstić information content (AvgIpc) is 2.71. The normalized spacial score (nSPS) is 13.6. The summed E-state index contributed by atoms with van der Waals surface area (Å²) in [5, 5.41) is 0. The molecule has 4 rings (SSSR count). The summed E-state index contributed by atoms with van der Waals surface area (Å²) in [6.45, 7) is 0. The zero-order valence-corrected chi connectivity index (χ0v) is 18.1. The molecule has 0 radical (unpaired) electrons. The van der Waals surface area contributed by atoms with Crippen molar-refractivity contribution < 1.29 is 22.7 Å². The summed E-state index contributed by atoms with van der Waals surface area (Å²) >= 11 is 1.53. The first-order valence-electron chi connectivity index (χ1n) is 10.1. The molecule has 166 valence electrons. The molecule has 0 unspecified atom stereocenters. The number of benzene rings is 2. The van der Waals surface area contributed by atoms with Crippen molar-refractivity contribution in [3.8, 4) is 11.4 Å². The highest BCUT2D eigenvalue weighted by Crippen LogP contribution is 2.38. The number of carbonyl (C=O) groups excluding carboxylic acids is 1. The maximum Gasteiger partial charge on any atom is 0.346 e. The Labute approximate surface area is 187 Å². The number of esters is 1. The monoisotopic (exact) mass is 459 g/mol. The van der Waals surface area contributed by atoms with Gasteiger partial charge in [0.25, 0.3) is 5.56 Å². The van der Waals surface area contributed by atoms with Gasteiger partial charge in [-0.3, -0.25) is 9.36 Å². The first kappa shape index (κ1) is 22.2. The number of carbonyl (C=O) groups is 1. The van der Waals surface area contributed by atoms with Gasteiger partial charge in [-0.15, -0.1) is 0 Å². The summed E-state index contributed by atoms with van der Waals surface area (Å²) in [6, 6.07) is 10.3. The fraction of sp³-hybridized carbons (Fsp3) is 0.250. The summed E-state index contributed by atoms with van der Waals surface area (Å²) in [5.41, 5.74) is 0.0802. The van der Waals surface area contributed by atoms with Gasteiger partial charge in [-0.1, -0.05) is 18.6 Å². The second-order valence-electron chi connectivity index (χ2n) is 7.63. The van der Waals surface area contributed by atoms with Gasteiger partial charge in [0.2, 0.25) is 0 Å². The number of thioether (sulfide) groups is 1. The van der Waals surface area contributed by atoms with Crippen LogP contribution in [0.3, 0.4) is 0 Å². The Hall–Kier alpha value is -3.00. The third-order valence-corrected chi connectivity index (χ3v) is 6.12. The van der Waals surface area contributed by atoms with E-state index in [9.17, 15) is 22.8 Å². The molecule has 0 atom stereocenters. The van der Waals surface area contributed by atoms with Crippen LogP contribution in [0, 0.1) is 17.5 Å². The van der Waals surface area contributed by atoms with E-state index in [0.29, 0.717) is 11.4 Å². The predicted octanol–water partition coefficient (Wildman–Crippen LogP) is 5.60. The Morgan fingerprint density at radius 3 is 2.56 bits per heavy atom. The van der Waals surface area contributed by atoms with Crippen LogP contribution in [-0.2, 0) is 5.75 Å². The highest BCUT2D eigenvalue weighted by Gasteiger charge is 2.27. The lowest BCUT2D eigenvalue weighted by molar-refractivity contribution is 0.0729. The molecule has 0 bridgehead atoms. The number of rotatable bonds is 6. The van der Waals surface area contributed by atoms with Crippen molar-refractivity contribution in [2.24, 2.45) is 0 Å². The van der Waals surface area contributed by atoms with Gasteiger partial charge in [0.1, 0.15) is 11.6 Å². The Morgan fingerprint density at radius 2 is 1.88 bits per heavy atom. The fourth-order valence-corrected chi connectivity index (χ4v) is 4.21. The van der Waals surface area contributed by atoms with Gasteiger partial charge in [-0.2, -0.15) is 11.8 Å². The molecule has 1 aliphatic rings. The number of halogens is 3. The molecule has 0 aliphatic heterocycles. The van der Waals surface area contributed by atoms with E-state index in [0.717, 1.165) is 41.5 Å². The van der Waals surface area contributed by atoms with E-state index in [1.807, 2.05) is 6.26 Å². The molecule has 0 amide bonds. The van der Waals surface area contributed by atoms with Gasteiger partial charge in [0.05, 0.1) is 11.3 Å². The zero-order valence-electron chi connectivity index (χ0n) is 17.2. The highest BCUT2D eigenvalue weighted by atomic mass is 32.2. The van der Waals surface area contributed by atoms with Crippen molar-refractivity contribution in [2.45, 2.75) is 30.9 Å². The maximum absolute atomic E-state index is 14.4. The minimum absolute atomic E-state index is 0.0642. The van der Waals surface area contributed by atoms with E-state index >= 15 is 0 Å². The number of hydrogen-bond acceptors (Lipinski definition) is 4. The Morgan fingerprint density at radius 1 is 1.09 bits per heavy atom. The van der Waals surface area contributed by atoms with E-state index in [4.69, 9.17) is 4.74 Å². The predicted molar refractivity (Wildman–Crippen MR) is 117 cm³/mol. The Balaban J connectivity index is 1.73. The number of aromatic nitrogens is 1. The van der Waals surface area contributed by atoms with Gasteiger partial charge >= 0.3 is 5.97 Å². The van der Waals surface area contributed by atoms with Gasteiger partial charge in [0.15, 0.2) is 11.6 Å². The molecular formula is C24H20F3NO3S. The van der Waals surface area contributed by atoms with Crippen LogP contribution in [0.1, 0.15) is 46.8 Å². The van der Waals surface area contributed by atoms with E-state index in [-0.39, 0.29) is 22.9 Å². The molecule has 2 aromatic carbocycles. The highest BCUT2D eigenvalue weighted by molar-refractivity contribution is 7.97.